The average Bonchev–Trinajstić information content (AvgIpc) is 2.62. The Bertz CT molecular complexity index is 1040. The Morgan fingerprint density at radius 1 is 1.31 bits per heavy atom. The average molecular weight is 386 g/mol. The van der Waals surface area contributed by atoms with E-state index < -0.39 is 6.10 Å². The van der Waals surface area contributed by atoms with Crippen molar-refractivity contribution in [2.24, 2.45) is 0 Å². The Hall–Kier alpha value is -2.33. The van der Waals surface area contributed by atoms with Crippen LogP contribution in [0.1, 0.15) is 18.1 Å². The summed E-state index contributed by atoms with van der Waals surface area (Å²) >= 11 is 7.43. The zero-order chi connectivity index (χ0) is 18.7. The topological polar surface area (TPSA) is 78.9 Å². The molecule has 1 heterocycles. The monoisotopic (exact) mass is 385 g/mol. The number of nitriles is 1. The van der Waals surface area contributed by atoms with E-state index in [9.17, 15) is 9.90 Å². The zero-order valence-corrected chi connectivity index (χ0v) is 15.6. The van der Waals surface area contributed by atoms with Gasteiger partial charge in [0.05, 0.1) is 35.2 Å². The highest BCUT2D eigenvalue weighted by atomic mass is 35.5. The minimum Gasteiger partial charge on any atom is -0.392 e. The molecule has 1 aromatic heterocycles. The molecule has 1 atom stereocenters. The number of aliphatic hydroxyl groups is 1. The maximum atomic E-state index is 12.8. The van der Waals surface area contributed by atoms with E-state index in [-0.39, 0.29) is 12.1 Å². The normalized spacial score (nSPS) is 12.1. The second kappa shape index (κ2) is 7.92. The largest absolute Gasteiger partial charge is 0.392 e. The number of halogens is 1. The summed E-state index contributed by atoms with van der Waals surface area (Å²) in [6.07, 6.45) is -0.673. The molecule has 3 aromatic rings. The molecule has 132 valence electrons. The van der Waals surface area contributed by atoms with Gasteiger partial charge in [0.25, 0.3) is 5.56 Å². The molecule has 0 saturated carbocycles. The van der Waals surface area contributed by atoms with Gasteiger partial charge in [-0.05, 0) is 42.8 Å². The molecule has 0 aliphatic heterocycles. The fraction of sp³-hybridized carbons (Fsp3) is 0.211. The SMILES string of the molecule is C[C@H](O)Cn1c(SCc2ccc(C#N)cc2)nc2cc(Cl)ccc2c1=O. The van der Waals surface area contributed by atoms with E-state index in [2.05, 4.69) is 11.1 Å². The first kappa shape index (κ1) is 18.5. The highest BCUT2D eigenvalue weighted by Gasteiger charge is 2.14. The first-order valence-electron chi connectivity index (χ1n) is 7.98. The van der Waals surface area contributed by atoms with E-state index in [0.717, 1.165) is 5.56 Å². The summed E-state index contributed by atoms with van der Waals surface area (Å²) in [5, 5.41) is 20.1. The fourth-order valence-corrected chi connectivity index (χ4v) is 3.66. The minimum absolute atomic E-state index is 0.167. The summed E-state index contributed by atoms with van der Waals surface area (Å²) in [5.74, 6) is 0.587. The van der Waals surface area contributed by atoms with Gasteiger partial charge in [-0.2, -0.15) is 5.26 Å². The van der Waals surface area contributed by atoms with Crippen LogP contribution in [0.2, 0.25) is 5.02 Å². The molecule has 2 aromatic carbocycles. The van der Waals surface area contributed by atoms with Gasteiger partial charge in [-0.1, -0.05) is 35.5 Å². The third kappa shape index (κ3) is 4.07. The van der Waals surface area contributed by atoms with Crippen molar-refractivity contribution in [1.29, 1.82) is 5.26 Å². The number of aromatic nitrogens is 2. The Labute approximate surface area is 159 Å². The lowest BCUT2D eigenvalue weighted by Crippen LogP contribution is -2.27. The molecule has 5 nitrogen and oxygen atoms in total. The Kier molecular flexibility index (Phi) is 5.62. The van der Waals surface area contributed by atoms with Crippen molar-refractivity contribution in [1.82, 2.24) is 9.55 Å². The van der Waals surface area contributed by atoms with E-state index in [1.54, 1.807) is 37.3 Å². The van der Waals surface area contributed by atoms with Gasteiger partial charge in [0.15, 0.2) is 5.16 Å². The summed E-state index contributed by atoms with van der Waals surface area (Å²) in [4.78, 5) is 17.4. The molecule has 1 N–H and O–H groups in total. The molecule has 0 aliphatic carbocycles. The molecular formula is C19H16ClN3O2S. The number of hydrogen-bond donors (Lipinski definition) is 1. The van der Waals surface area contributed by atoms with Crippen LogP contribution in [-0.2, 0) is 12.3 Å². The molecule has 0 saturated heterocycles. The number of rotatable bonds is 5. The van der Waals surface area contributed by atoms with Gasteiger partial charge in [-0.15, -0.1) is 0 Å². The van der Waals surface area contributed by atoms with Gasteiger partial charge in [0, 0.05) is 10.8 Å². The first-order valence-corrected chi connectivity index (χ1v) is 9.34. The number of fused-ring (bicyclic) bond motifs is 1. The van der Waals surface area contributed by atoms with Crippen LogP contribution < -0.4 is 5.56 Å². The second-order valence-corrected chi connectivity index (χ2v) is 7.30. The molecule has 0 aliphatic rings. The van der Waals surface area contributed by atoms with Crippen molar-refractivity contribution in [3.63, 3.8) is 0 Å². The molecule has 0 amide bonds. The maximum Gasteiger partial charge on any atom is 0.262 e. The van der Waals surface area contributed by atoms with Gasteiger partial charge >= 0.3 is 0 Å². The van der Waals surface area contributed by atoms with Crippen LogP contribution in [0, 0.1) is 11.3 Å². The molecule has 26 heavy (non-hydrogen) atoms. The fourth-order valence-electron chi connectivity index (χ4n) is 2.53. The van der Waals surface area contributed by atoms with Crippen molar-refractivity contribution in [3.8, 4) is 6.07 Å². The summed E-state index contributed by atoms with van der Waals surface area (Å²) in [7, 11) is 0. The van der Waals surface area contributed by atoms with E-state index in [1.807, 2.05) is 12.1 Å². The number of nitrogens with zero attached hydrogens (tertiary/aromatic N) is 3. The van der Waals surface area contributed by atoms with Crippen LogP contribution in [0.15, 0.2) is 52.4 Å². The molecular weight excluding hydrogens is 370 g/mol. The highest BCUT2D eigenvalue weighted by molar-refractivity contribution is 7.98. The van der Waals surface area contributed by atoms with Crippen LogP contribution in [0.25, 0.3) is 10.9 Å². The van der Waals surface area contributed by atoms with Gasteiger partial charge < -0.3 is 5.11 Å². The molecule has 0 unspecified atom stereocenters. The summed E-state index contributed by atoms with van der Waals surface area (Å²) in [6, 6.07) is 14.3. The first-order chi connectivity index (χ1) is 12.5. The van der Waals surface area contributed by atoms with E-state index >= 15 is 0 Å². The van der Waals surface area contributed by atoms with E-state index in [1.165, 1.54) is 16.3 Å². The van der Waals surface area contributed by atoms with Gasteiger partial charge in [-0.25, -0.2) is 4.98 Å². The van der Waals surface area contributed by atoms with Crippen molar-refractivity contribution in [2.45, 2.75) is 30.5 Å². The predicted molar refractivity (Wildman–Crippen MR) is 103 cm³/mol. The van der Waals surface area contributed by atoms with Crippen molar-refractivity contribution >= 4 is 34.3 Å². The number of benzene rings is 2. The van der Waals surface area contributed by atoms with Crippen molar-refractivity contribution in [2.75, 3.05) is 0 Å². The van der Waals surface area contributed by atoms with Gasteiger partial charge in [0.1, 0.15) is 0 Å². The smallest absolute Gasteiger partial charge is 0.262 e. The lowest BCUT2D eigenvalue weighted by Gasteiger charge is -2.14. The molecule has 7 heteroatoms. The number of thioether (sulfide) groups is 1. The van der Waals surface area contributed by atoms with Crippen LogP contribution in [0.4, 0.5) is 0 Å². The van der Waals surface area contributed by atoms with Crippen LogP contribution >= 0.6 is 23.4 Å². The van der Waals surface area contributed by atoms with Gasteiger partial charge in [0.2, 0.25) is 0 Å². The van der Waals surface area contributed by atoms with Crippen molar-refractivity contribution in [3.05, 3.63) is 69.0 Å². The quantitative estimate of drug-likeness (QED) is 0.536. The summed E-state index contributed by atoms with van der Waals surface area (Å²) < 4.78 is 1.50. The summed E-state index contributed by atoms with van der Waals surface area (Å²) in [5.41, 5.74) is 1.95. The second-order valence-electron chi connectivity index (χ2n) is 5.92. The predicted octanol–water partition coefficient (Wildman–Crippen LogP) is 3.59. The Morgan fingerprint density at radius 2 is 2.04 bits per heavy atom. The van der Waals surface area contributed by atoms with Crippen LogP contribution in [0.5, 0.6) is 0 Å². The van der Waals surface area contributed by atoms with Crippen LogP contribution in [-0.4, -0.2) is 20.8 Å². The molecule has 0 fully saturated rings. The summed E-state index contributed by atoms with van der Waals surface area (Å²) in [6.45, 7) is 1.80. The van der Waals surface area contributed by atoms with Crippen LogP contribution in [0.3, 0.4) is 0 Å². The Balaban J connectivity index is 1.98. The third-order valence-corrected chi connectivity index (χ3v) is 5.06. The number of hydrogen-bond acceptors (Lipinski definition) is 5. The highest BCUT2D eigenvalue weighted by Crippen LogP contribution is 2.24. The standard InChI is InChI=1S/C19H16ClN3O2S/c1-12(24)10-23-18(25)16-7-6-15(20)8-17(16)22-19(23)26-11-14-4-2-13(9-21)3-5-14/h2-8,12,24H,10-11H2,1H3/t12-/m0/s1. The Morgan fingerprint density at radius 3 is 2.69 bits per heavy atom. The van der Waals surface area contributed by atoms with Gasteiger partial charge in [-0.3, -0.25) is 9.36 Å². The van der Waals surface area contributed by atoms with E-state index in [4.69, 9.17) is 16.9 Å². The van der Waals surface area contributed by atoms with E-state index in [0.29, 0.717) is 32.4 Å². The molecule has 0 spiro atoms. The molecule has 0 bridgehead atoms. The maximum absolute atomic E-state index is 12.8. The third-order valence-electron chi connectivity index (χ3n) is 3.78. The lowest BCUT2D eigenvalue weighted by molar-refractivity contribution is 0.168. The lowest BCUT2D eigenvalue weighted by atomic mass is 10.2. The zero-order valence-electron chi connectivity index (χ0n) is 14.0. The van der Waals surface area contributed by atoms with Crippen molar-refractivity contribution < 1.29 is 5.11 Å². The minimum atomic E-state index is -0.673. The molecule has 0 radical (unpaired) electrons. The number of aliphatic hydroxyl groups excluding tert-OH is 1. The molecule has 3 rings (SSSR count).